The lowest BCUT2D eigenvalue weighted by molar-refractivity contribution is -0.161. The monoisotopic (exact) mass is 350 g/mol. The fourth-order valence-electron chi connectivity index (χ4n) is 2.09. The van der Waals surface area contributed by atoms with Crippen molar-refractivity contribution in [3.8, 4) is 5.75 Å². The molecular weight excluding hydrogens is 320 g/mol. The minimum Gasteiger partial charge on any atom is -0.490 e. The molecule has 1 aromatic carbocycles. The highest BCUT2D eigenvalue weighted by Gasteiger charge is 2.27. The van der Waals surface area contributed by atoms with Crippen molar-refractivity contribution in [2.75, 3.05) is 13.2 Å². The molecule has 0 saturated heterocycles. The molecule has 0 spiro atoms. The summed E-state index contributed by atoms with van der Waals surface area (Å²) in [6.07, 6.45) is 0.416. The van der Waals surface area contributed by atoms with Crippen LogP contribution in [-0.2, 0) is 14.3 Å². The fourth-order valence-corrected chi connectivity index (χ4v) is 2.09. The zero-order valence-electron chi connectivity index (χ0n) is 16.1. The van der Waals surface area contributed by atoms with Gasteiger partial charge in [-0.2, -0.15) is 0 Å². The number of ether oxygens (including phenoxy) is 3. The molecule has 5 nitrogen and oxygen atoms in total. The minimum absolute atomic E-state index is 0.237. The lowest BCUT2D eigenvalue weighted by Gasteiger charge is -2.24. The smallest absolute Gasteiger partial charge is 0.338 e. The molecule has 0 aliphatic carbocycles. The minimum atomic E-state index is -0.545. The van der Waals surface area contributed by atoms with Crippen LogP contribution in [0.5, 0.6) is 5.75 Å². The summed E-state index contributed by atoms with van der Waals surface area (Å²) >= 11 is 0. The van der Waals surface area contributed by atoms with Gasteiger partial charge in [-0.05, 0) is 64.3 Å². The predicted octanol–water partition coefficient (Wildman–Crippen LogP) is 4.25. The predicted molar refractivity (Wildman–Crippen MR) is 96.7 cm³/mol. The Morgan fingerprint density at radius 2 is 1.68 bits per heavy atom. The van der Waals surface area contributed by atoms with Crippen LogP contribution in [0.25, 0.3) is 0 Å². The molecule has 1 atom stereocenters. The topological polar surface area (TPSA) is 61.8 Å². The molecule has 1 unspecified atom stereocenters. The van der Waals surface area contributed by atoms with E-state index in [2.05, 4.69) is 13.8 Å². The average Bonchev–Trinajstić information content (AvgIpc) is 2.52. The van der Waals surface area contributed by atoms with Crippen LogP contribution in [0.1, 0.15) is 58.3 Å². The first kappa shape index (κ1) is 21.0. The largest absolute Gasteiger partial charge is 0.490 e. The second-order valence-corrected chi connectivity index (χ2v) is 7.46. The Bertz CT molecular complexity index is 554. The van der Waals surface area contributed by atoms with Crippen LogP contribution in [0, 0.1) is 11.3 Å². The third kappa shape index (κ3) is 7.59. The number of esters is 2. The van der Waals surface area contributed by atoms with Crippen molar-refractivity contribution < 1.29 is 23.8 Å². The summed E-state index contributed by atoms with van der Waals surface area (Å²) in [6, 6.07) is 6.74. The molecule has 1 aromatic rings. The molecule has 0 bridgehead atoms. The van der Waals surface area contributed by atoms with E-state index >= 15 is 0 Å². The van der Waals surface area contributed by atoms with Gasteiger partial charge in [0.2, 0.25) is 0 Å². The Morgan fingerprint density at radius 1 is 1.08 bits per heavy atom. The van der Waals surface area contributed by atoms with E-state index in [9.17, 15) is 9.59 Å². The van der Waals surface area contributed by atoms with Gasteiger partial charge in [-0.25, -0.2) is 4.79 Å². The average molecular weight is 350 g/mol. The first-order valence-electron chi connectivity index (χ1n) is 8.74. The summed E-state index contributed by atoms with van der Waals surface area (Å²) in [5, 5.41) is 0. The zero-order valence-corrected chi connectivity index (χ0v) is 16.1. The van der Waals surface area contributed by atoms with Crippen LogP contribution in [0.4, 0.5) is 0 Å². The van der Waals surface area contributed by atoms with E-state index in [0.717, 1.165) is 6.42 Å². The van der Waals surface area contributed by atoms with Crippen molar-refractivity contribution in [3.05, 3.63) is 29.8 Å². The Morgan fingerprint density at radius 3 is 2.16 bits per heavy atom. The molecule has 25 heavy (non-hydrogen) atoms. The molecule has 0 N–H and O–H groups in total. The van der Waals surface area contributed by atoms with Gasteiger partial charge in [-0.3, -0.25) is 4.79 Å². The standard InChI is InChI=1S/C20H30O5/c1-7-23-18(21)15-8-10-16(11-9-15)24-13-17(12-14(2)3)25-19(22)20(4,5)6/h8-11,14,17H,7,12-13H2,1-6H3. The molecule has 0 amide bonds. The third-order valence-corrected chi connectivity index (χ3v) is 3.42. The Hall–Kier alpha value is -2.04. The first-order valence-corrected chi connectivity index (χ1v) is 8.74. The molecule has 0 fully saturated rings. The van der Waals surface area contributed by atoms with Crippen LogP contribution in [0.2, 0.25) is 0 Å². The highest BCUT2D eigenvalue weighted by Crippen LogP contribution is 2.20. The second kappa shape index (κ2) is 9.44. The van der Waals surface area contributed by atoms with Crippen molar-refractivity contribution in [1.29, 1.82) is 0 Å². The van der Waals surface area contributed by atoms with E-state index in [1.54, 1.807) is 31.2 Å². The molecule has 0 aliphatic rings. The van der Waals surface area contributed by atoms with Crippen LogP contribution in [0.15, 0.2) is 24.3 Å². The second-order valence-electron chi connectivity index (χ2n) is 7.46. The van der Waals surface area contributed by atoms with Gasteiger partial charge in [-0.15, -0.1) is 0 Å². The van der Waals surface area contributed by atoms with Crippen molar-refractivity contribution in [2.24, 2.45) is 11.3 Å². The number of hydrogen-bond donors (Lipinski definition) is 0. The molecule has 140 valence electrons. The third-order valence-electron chi connectivity index (χ3n) is 3.42. The quantitative estimate of drug-likeness (QED) is 0.656. The molecule has 1 rings (SSSR count). The van der Waals surface area contributed by atoms with Gasteiger partial charge in [0.25, 0.3) is 0 Å². The molecule has 0 aliphatic heterocycles. The first-order chi connectivity index (χ1) is 11.6. The van der Waals surface area contributed by atoms with Gasteiger partial charge in [0, 0.05) is 0 Å². The van der Waals surface area contributed by atoms with Gasteiger partial charge in [0.05, 0.1) is 17.6 Å². The van der Waals surface area contributed by atoms with E-state index < -0.39 is 5.41 Å². The SMILES string of the molecule is CCOC(=O)c1ccc(OCC(CC(C)C)OC(=O)C(C)(C)C)cc1. The Kier molecular flexibility index (Phi) is 7.94. The maximum Gasteiger partial charge on any atom is 0.338 e. The molecule has 0 aromatic heterocycles. The van der Waals surface area contributed by atoms with Crippen LogP contribution < -0.4 is 4.74 Å². The van der Waals surface area contributed by atoms with E-state index in [0.29, 0.717) is 23.8 Å². The molecule has 0 saturated carbocycles. The summed E-state index contributed by atoms with van der Waals surface area (Å²) in [7, 11) is 0. The number of benzene rings is 1. The molecular formula is C20H30O5. The van der Waals surface area contributed by atoms with E-state index in [4.69, 9.17) is 14.2 Å². The van der Waals surface area contributed by atoms with Crippen molar-refractivity contribution in [1.82, 2.24) is 0 Å². The Balaban J connectivity index is 2.66. The van der Waals surface area contributed by atoms with E-state index in [-0.39, 0.29) is 24.6 Å². The van der Waals surface area contributed by atoms with Crippen molar-refractivity contribution in [3.63, 3.8) is 0 Å². The maximum absolute atomic E-state index is 12.1. The van der Waals surface area contributed by atoms with Gasteiger partial charge >= 0.3 is 11.9 Å². The van der Waals surface area contributed by atoms with E-state index in [1.807, 2.05) is 20.8 Å². The molecule has 5 heteroatoms. The lowest BCUT2D eigenvalue weighted by atomic mass is 9.97. The molecule has 0 heterocycles. The summed E-state index contributed by atoms with van der Waals surface area (Å²) < 4.78 is 16.3. The van der Waals surface area contributed by atoms with Gasteiger partial charge in [0.1, 0.15) is 18.5 Å². The highest BCUT2D eigenvalue weighted by atomic mass is 16.6. The number of carbonyl (C=O) groups excluding carboxylic acids is 2. The number of hydrogen-bond acceptors (Lipinski definition) is 5. The van der Waals surface area contributed by atoms with Gasteiger partial charge in [-0.1, -0.05) is 13.8 Å². The van der Waals surface area contributed by atoms with Crippen molar-refractivity contribution in [2.45, 2.75) is 54.1 Å². The summed E-state index contributed by atoms with van der Waals surface area (Å²) in [4.78, 5) is 23.8. The van der Waals surface area contributed by atoms with Gasteiger partial charge in [0.15, 0.2) is 0 Å². The number of carbonyl (C=O) groups is 2. The number of rotatable bonds is 8. The van der Waals surface area contributed by atoms with E-state index in [1.165, 1.54) is 0 Å². The van der Waals surface area contributed by atoms with Gasteiger partial charge < -0.3 is 14.2 Å². The Labute approximate surface area is 150 Å². The van der Waals surface area contributed by atoms with Crippen LogP contribution in [0.3, 0.4) is 0 Å². The lowest BCUT2D eigenvalue weighted by Crippen LogP contribution is -2.32. The maximum atomic E-state index is 12.1. The fraction of sp³-hybridized carbons (Fsp3) is 0.600. The molecule has 0 radical (unpaired) electrons. The highest BCUT2D eigenvalue weighted by molar-refractivity contribution is 5.89. The van der Waals surface area contributed by atoms with Crippen molar-refractivity contribution >= 4 is 11.9 Å². The summed E-state index contributed by atoms with van der Waals surface area (Å²) in [5.74, 6) is 0.409. The zero-order chi connectivity index (χ0) is 19.0. The van der Waals surface area contributed by atoms with Crippen LogP contribution in [-0.4, -0.2) is 31.3 Å². The van der Waals surface area contributed by atoms with Crippen LogP contribution >= 0.6 is 0 Å². The summed E-state index contributed by atoms with van der Waals surface area (Å²) in [6.45, 7) is 12.0. The normalized spacial score (nSPS) is 12.6. The summed E-state index contributed by atoms with van der Waals surface area (Å²) in [5.41, 5.74) is -0.0663.